The average Bonchev–Trinajstić information content (AvgIpc) is 3.42. The summed E-state index contributed by atoms with van der Waals surface area (Å²) >= 11 is 0. The van der Waals surface area contributed by atoms with E-state index in [0.717, 1.165) is 22.3 Å². The third-order valence-electron chi connectivity index (χ3n) is 7.07. The molecule has 2 aromatic heterocycles. The summed E-state index contributed by atoms with van der Waals surface area (Å²) in [6.45, 7) is 1.29. The Morgan fingerprint density at radius 2 is 1.60 bits per heavy atom. The minimum Gasteiger partial charge on any atom is -0.495 e. The van der Waals surface area contributed by atoms with E-state index in [1.165, 1.54) is 12.1 Å². The van der Waals surface area contributed by atoms with Crippen molar-refractivity contribution < 1.29 is 18.7 Å². The van der Waals surface area contributed by atoms with Crippen LogP contribution in [-0.2, 0) is 17.6 Å². The fourth-order valence-corrected chi connectivity index (χ4v) is 4.69. The monoisotopic (exact) mass is 580 g/mol. The Morgan fingerprint density at radius 1 is 0.930 bits per heavy atom. The van der Waals surface area contributed by atoms with Gasteiger partial charge in [0.05, 0.1) is 12.8 Å². The molecule has 0 aliphatic carbocycles. The molecule has 0 saturated heterocycles. The van der Waals surface area contributed by atoms with Gasteiger partial charge < -0.3 is 20.3 Å². The predicted octanol–water partition coefficient (Wildman–Crippen LogP) is 4.93. The summed E-state index contributed by atoms with van der Waals surface area (Å²) in [6.07, 6.45) is 2.46. The molecule has 0 aliphatic heterocycles. The number of fused-ring (bicyclic) bond motifs is 1. The Kier molecular flexibility index (Phi) is 9.07. The Morgan fingerprint density at radius 3 is 2.28 bits per heavy atom. The van der Waals surface area contributed by atoms with Crippen molar-refractivity contribution in [3.05, 3.63) is 108 Å². The Bertz CT molecular complexity index is 1730. The number of carbonyl (C=O) groups excluding carboxylic acids is 2. The first-order valence-electron chi connectivity index (χ1n) is 13.9. The smallest absolute Gasteiger partial charge is 0.253 e. The molecule has 0 saturated carbocycles. The number of ether oxygens (including phenoxy) is 1. The summed E-state index contributed by atoms with van der Waals surface area (Å²) in [7, 11) is 5.16. The van der Waals surface area contributed by atoms with E-state index < -0.39 is 0 Å². The maximum Gasteiger partial charge on any atom is 0.253 e. The predicted molar refractivity (Wildman–Crippen MR) is 164 cm³/mol. The maximum absolute atomic E-state index is 13.1. The van der Waals surface area contributed by atoms with Gasteiger partial charge in [-0.1, -0.05) is 36.4 Å². The highest BCUT2D eigenvalue weighted by Gasteiger charge is 2.16. The van der Waals surface area contributed by atoms with Crippen LogP contribution in [0.3, 0.4) is 0 Å². The van der Waals surface area contributed by atoms with E-state index in [2.05, 4.69) is 20.7 Å². The zero-order valence-electron chi connectivity index (χ0n) is 24.3. The van der Waals surface area contributed by atoms with Gasteiger partial charge in [-0.05, 0) is 66.2 Å². The van der Waals surface area contributed by atoms with E-state index in [0.29, 0.717) is 48.1 Å². The van der Waals surface area contributed by atoms with Gasteiger partial charge in [0.25, 0.3) is 5.91 Å². The fraction of sp³-hybridized carbons (Fsp3) is 0.212. The Hall–Kier alpha value is -5.09. The number of anilines is 2. The van der Waals surface area contributed by atoms with Crippen LogP contribution in [0.25, 0.3) is 16.8 Å². The number of hydrogen-bond acceptors (Lipinski definition) is 7. The zero-order valence-corrected chi connectivity index (χ0v) is 24.3. The molecule has 0 aliphatic rings. The summed E-state index contributed by atoms with van der Waals surface area (Å²) in [5.41, 5.74) is 5.45. The molecular formula is C33H33FN6O3. The first kappa shape index (κ1) is 29.4. The summed E-state index contributed by atoms with van der Waals surface area (Å²) in [5, 5.41) is 10.8. The molecule has 2 heterocycles. The van der Waals surface area contributed by atoms with Gasteiger partial charge in [0.1, 0.15) is 17.3 Å². The molecule has 0 radical (unpaired) electrons. The molecule has 5 aromatic rings. The molecule has 0 spiro atoms. The van der Waals surface area contributed by atoms with E-state index in [9.17, 15) is 14.0 Å². The number of nitrogens with zero attached hydrogens (tertiary/aromatic N) is 4. The highest BCUT2D eigenvalue weighted by molar-refractivity contribution is 5.95. The lowest BCUT2D eigenvalue weighted by Gasteiger charge is -2.18. The first-order valence-corrected chi connectivity index (χ1v) is 13.9. The quantitative estimate of drug-likeness (QED) is 0.216. The molecule has 2 N–H and O–H groups in total. The second-order valence-corrected chi connectivity index (χ2v) is 10.2. The number of rotatable bonds is 12. The summed E-state index contributed by atoms with van der Waals surface area (Å²) in [4.78, 5) is 31.5. The normalized spacial score (nSPS) is 11.0. The molecular weight excluding hydrogens is 547 g/mol. The summed E-state index contributed by atoms with van der Waals surface area (Å²) in [5.74, 6) is 0.549. The number of nitrogens with one attached hydrogen (secondary N) is 2. The fourth-order valence-electron chi connectivity index (χ4n) is 4.69. The van der Waals surface area contributed by atoms with Crippen LogP contribution in [0.1, 0.15) is 21.5 Å². The molecule has 0 bridgehead atoms. The largest absolute Gasteiger partial charge is 0.495 e. The van der Waals surface area contributed by atoms with Crippen LogP contribution in [0.2, 0.25) is 0 Å². The number of benzene rings is 3. The molecule has 220 valence electrons. The number of methoxy groups -OCH3 is 1. The number of hydrogen-bond donors (Lipinski definition) is 2. The van der Waals surface area contributed by atoms with Gasteiger partial charge in [-0.15, -0.1) is 5.10 Å². The lowest BCUT2D eigenvalue weighted by atomic mass is 10.0. The maximum atomic E-state index is 13.1. The van der Waals surface area contributed by atoms with Gasteiger partial charge in [-0.2, -0.15) is 4.98 Å². The Balaban J connectivity index is 1.26. The van der Waals surface area contributed by atoms with Gasteiger partial charge in [0.15, 0.2) is 5.65 Å². The van der Waals surface area contributed by atoms with E-state index in [-0.39, 0.29) is 23.9 Å². The summed E-state index contributed by atoms with van der Waals surface area (Å²) in [6, 6.07) is 22.9. The first-order chi connectivity index (χ1) is 20.8. The number of aromatic nitrogens is 3. The topological polar surface area (TPSA) is 101 Å². The van der Waals surface area contributed by atoms with E-state index in [1.54, 1.807) is 53.9 Å². The van der Waals surface area contributed by atoms with Crippen LogP contribution in [0.4, 0.5) is 16.0 Å². The van der Waals surface area contributed by atoms with Crippen LogP contribution >= 0.6 is 0 Å². The van der Waals surface area contributed by atoms with Crippen molar-refractivity contribution in [2.45, 2.75) is 12.8 Å². The highest BCUT2D eigenvalue weighted by atomic mass is 19.1. The third kappa shape index (κ3) is 7.22. The standard InChI is InChI=1S/C33H33FN6O3/c1-35-16-17-39(2)32(42)25-10-14-29(30(20-25)43-3)36-33-37-31-15-11-26(21-40(31)38-33)24-8-4-22(5-9-24)18-28(41)19-23-6-12-27(34)13-7-23/h4-15,20-21,35H,16-19H2,1-3H3,(H,36,38). The van der Waals surface area contributed by atoms with Crippen molar-refractivity contribution in [3.8, 4) is 16.9 Å². The van der Waals surface area contributed by atoms with Gasteiger partial charge in [0.2, 0.25) is 5.95 Å². The van der Waals surface area contributed by atoms with E-state index >= 15 is 0 Å². The number of ketones is 1. The van der Waals surface area contributed by atoms with Crippen molar-refractivity contribution in [2.75, 3.05) is 39.6 Å². The van der Waals surface area contributed by atoms with Crippen molar-refractivity contribution in [3.63, 3.8) is 0 Å². The Labute approximate surface area is 249 Å². The number of carbonyl (C=O) groups is 2. The van der Waals surface area contributed by atoms with Crippen LogP contribution in [0.15, 0.2) is 85.1 Å². The van der Waals surface area contributed by atoms with Crippen molar-refractivity contribution in [1.82, 2.24) is 24.8 Å². The molecule has 43 heavy (non-hydrogen) atoms. The molecule has 0 atom stereocenters. The molecule has 0 fully saturated rings. The van der Waals surface area contributed by atoms with E-state index in [4.69, 9.17) is 4.74 Å². The molecule has 1 amide bonds. The molecule has 0 unspecified atom stereocenters. The molecule has 3 aromatic carbocycles. The van der Waals surface area contributed by atoms with Crippen LogP contribution in [0, 0.1) is 5.82 Å². The summed E-state index contributed by atoms with van der Waals surface area (Å²) < 4.78 is 20.4. The number of likely N-dealkylation sites (N-methyl/N-ethyl adjacent to an activating group) is 2. The van der Waals surface area contributed by atoms with Gasteiger partial charge in [-0.3, -0.25) is 9.59 Å². The number of halogens is 1. The number of pyridine rings is 1. The van der Waals surface area contributed by atoms with Crippen molar-refractivity contribution in [1.29, 1.82) is 0 Å². The lowest BCUT2D eigenvalue weighted by Crippen LogP contribution is -2.32. The minimum absolute atomic E-state index is 0.0677. The SMILES string of the molecule is CNCCN(C)C(=O)c1ccc(Nc2nc3ccc(-c4ccc(CC(=O)Cc5ccc(F)cc5)cc4)cn3n2)c(OC)c1. The van der Waals surface area contributed by atoms with Crippen molar-refractivity contribution in [2.24, 2.45) is 0 Å². The number of amides is 1. The van der Waals surface area contributed by atoms with Gasteiger partial charge >= 0.3 is 0 Å². The molecule has 5 rings (SSSR count). The second-order valence-electron chi connectivity index (χ2n) is 10.2. The zero-order chi connectivity index (χ0) is 30.3. The van der Waals surface area contributed by atoms with Crippen LogP contribution in [0.5, 0.6) is 5.75 Å². The highest BCUT2D eigenvalue weighted by Crippen LogP contribution is 2.29. The van der Waals surface area contributed by atoms with Gasteiger partial charge in [0, 0.05) is 50.3 Å². The molecule has 9 nitrogen and oxygen atoms in total. The van der Waals surface area contributed by atoms with Gasteiger partial charge in [-0.25, -0.2) is 8.91 Å². The second kappa shape index (κ2) is 13.3. The van der Waals surface area contributed by atoms with Crippen LogP contribution in [-0.4, -0.2) is 65.5 Å². The lowest BCUT2D eigenvalue weighted by molar-refractivity contribution is -0.117. The average molecular weight is 581 g/mol. The van der Waals surface area contributed by atoms with E-state index in [1.807, 2.05) is 49.6 Å². The third-order valence-corrected chi connectivity index (χ3v) is 7.07. The number of Topliss-reactive ketones (excluding diaryl/α,β-unsaturated/α-hetero) is 1. The molecule has 10 heteroatoms. The van der Waals surface area contributed by atoms with Crippen molar-refractivity contribution >= 4 is 29.0 Å². The van der Waals surface area contributed by atoms with Crippen LogP contribution < -0.4 is 15.4 Å². The minimum atomic E-state index is -0.313.